The lowest BCUT2D eigenvalue weighted by Gasteiger charge is -2.13. The van der Waals surface area contributed by atoms with Crippen LogP contribution in [-0.2, 0) is 5.66 Å². The molecule has 76 valence electrons. The third-order valence-electron chi connectivity index (χ3n) is 3.12. The van der Waals surface area contributed by atoms with E-state index in [-0.39, 0.29) is 0 Å². The number of benzene rings is 1. The predicted octanol–water partition coefficient (Wildman–Crippen LogP) is 0.645. The maximum absolute atomic E-state index is 4.72. The first kappa shape index (κ1) is 8.05. The average Bonchev–Trinajstić information content (AvgIpc) is 2.96. The summed E-state index contributed by atoms with van der Waals surface area (Å²) in [4.78, 5) is 9.25. The normalized spacial score (nSPS) is 24.0. The molecule has 4 rings (SSSR count). The van der Waals surface area contributed by atoms with Gasteiger partial charge in [-0.1, -0.05) is 18.2 Å². The number of fused-ring (bicyclic) bond motifs is 3. The maximum Gasteiger partial charge on any atom is 0.212 e. The van der Waals surface area contributed by atoms with Gasteiger partial charge >= 0.3 is 0 Å². The van der Waals surface area contributed by atoms with Gasteiger partial charge in [-0.25, -0.2) is 9.98 Å². The molecule has 3 nitrogen and oxygen atoms in total. The van der Waals surface area contributed by atoms with Crippen molar-refractivity contribution in [2.24, 2.45) is 9.98 Å². The molecule has 2 aliphatic heterocycles. The van der Waals surface area contributed by atoms with E-state index in [4.69, 9.17) is 4.99 Å². The Kier molecular flexibility index (Phi) is 1.26. The predicted molar refractivity (Wildman–Crippen MR) is 61.7 cm³/mol. The average molecular weight is 207 g/mol. The fourth-order valence-corrected chi connectivity index (χ4v) is 2.36. The van der Waals surface area contributed by atoms with Crippen LogP contribution in [0, 0.1) is 0 Å². The highest BCUT2D eigenvalue weighted by atomic mass is 15.2. The molecule has 0 bridgehead atoms. The van der Waals surface area contributed by atoms with Gasteiger partial charge in [0.05, 0.1) is 17.4 Å². The molecule has 2 aliphatic rings. The fraction of sp³-hybridized carbons (Fsp3) is 0.0769. The third kappa shape index (κ3) is 0.834. The summed E-state index contributed by atoms with van der Waals surface area (Å²) in [5, 5.41) is 2.18. The summed E-state index contributed by atoms with van der Waals surface area (Å²) in [5.74, 6) is 0. The highest BCUT2D eigenvalue weighted by Gasteiger charge is 2.36. The van der Waals surface area contributed by atoms with Gasteiger partial charge in [-0.2, -0.15) is 0 Å². The Bertz CT molecular complexity index is 687. The second-order valence-electron chi connectivity index (χ2n) is 4.09. The van der Waals surface area contributed by atoms with Gasteiger partial charge in [-0.3, -0.25) is 0 Å². The van der Waals surface area contributed by atoms with Crippen molar-refractivity contribution in [3.05, 3.63) is 58.9 Å². The number of hydrogen-bond donors (Lipinski definition) is 0. The molecule has 0 fully saturated rings. The lowest BCUT2D eigenvalue weighted by atomic mass is 10.1. The van der Waals surface area contributed by atoms with Crippen molar-refractivity contribution in [1.82, 2.24) is 4.57 Å². The number of aliphatic imine (C=N–C) groups is 1. The second kappa shape index (κ2) is 2.50. The summed E-state index contributed by atoms with van der Waals surface area (Å²) in [6.45, 7) is 0. The number of rotatable bonds is 0. The lowest BCUT2D eigenvalue weighted by Crippen LogP contribution is -2.19. The van der Waals surface area contributed by atoms with E-state index in [1.54, 1.807) is 0 Å². The Balaban J connectivity index is 2.08. The zero-order valence-electron chi connectivity index (χ0n) is 8.54. The summed E-state index contributed by atoms with van der Waals surface area (Å²) >= 11 is 0. The summed E-state index contributed by atoms with van der Waals surface area (Å²) in [6, 6.07) is 12.2. The topological polar surface area (TPSA) is 29.6 Å². The molecular weight excluding hydrogens is 198 g/mol. The van der Waals surface area contributed by atoms with Crippen LogP contribution in [0.3, 0.4) is 0 Å². The van der Waals surface area contributed by atoms with E-state index in [1.165, 1.54) is 0 Å². The van der Waals surface area contributed by atoms with Crippen LogP contribution in [0.25, 0.3) is 6.08 Å². The summed E-state index contributed by atoms with van der Waals surface area (Å²) in [5.41, 5.74) is 0.608. The zero-order chi connectivity index (χ0) is 10.6. The molecular formula is C13H9N3. The number of para-hydroxylation sites is 1. The van der Waals surface area contributed by atoms with Crippen molar-refractivity contribution in [3.63, 3.8) is 0 Å². The Morgan fingerprint density at radius 3 is 2.94 bits per heavy atom. The van der Waals surface area contributed by atoms with Crippen LogP contribution in [0.4, 0.5) is 0 Å². The van der Waals surface area contributed by atoms with Gasteiger partial charge in [0.2, 0.25) is 5.66 Å². The fourth-order valence-electron chi connectivity index (χ4n) is 2.36. The van der Waals surface area contributed by atoms with Crippen LogP contribution in [0.2, 0.25) is 0 Å². The number of hydrogen-bond acceptors (Lipinski definition) is 2. The SMILES string of the molecule is C1=NC2(C=c3ccccc3=N2)c2cccn21. The molecule has 3 heterocycles. The van der Waals surface area contributed by atoms with E-state index in [0.29, 0.717) is 0 Å². The minimum atomic E-state index is -0.507. The number of nitrogens with zero attached hydrogens (tertiary/aromatic N) is 3. The van der Waals surface area contributed by atoms with Crippen LogP contribution in [0.5, 0.6) is 0 Å². The van der Waals surface area contributed by atoms with E-state index in [2.05, 4.69) is 23.2 Å². The first-order chi connectivity index (χ1) is 7.87. The standard InChI is InChI=1S/C13H9N3/c1-2-5-11-10(4-1)8-13(15-11)12-6-3-7-16(12)9-14-13/h1-9H. The Labute approximate surface area is 92.1 Å². The summed E-state index contributed by atoms with van der Waals surface area (Å²) < 4.78 is 2.02. The van der Waals surface area contributed by atoms with E-state index < -0.39 is 5.66 Å². The minimum Gasteiger partial charge on any atom is -0.307 e. The third-order valence-corrected chi connectivity index (χ3v) is 3.12. The van der Waals surface area contributed by atoms with Gasteiger partial charge in [0.1, 0.15) is 0 Å². The Morgan fingerprint density at radius 1 is 1.06 bits per heavy atom. The van der Waals surface area contributed by atoms with Crippen molar-refractivity contribution in [2.75, 3.05) is 0 Å². The van der Waals surface area contributed by atoms with Crippen molar-refractivity contribution < 1.29 is 0 Å². The highest BCUT2D eigenvalue weighted by molar-refractivity contribution is 5.70. The van der Waals surface area contributed by atoms with Gasteiger partial charge in [-0.05, 0) is 24.3 Å². The monoisotopic (exact) mass is 207 g/mol. The molecule has 0 radical (unpaired) electrons. The van der Waals surface area contributed by atoms with Crippen molar-refractivity contribution in [3.8, 4) is 0 Å². The summed E-state index contributed by atoms with van der Waals surface area (Å²) in [7, 11) is 0. The van der Waals surface area contributed by atoms with Crippen LogP contribution in [0.15, 0.2) is 52.6 Å². The molecule has 0 saturated carbocycles. The summed E-state index contributed by atoms with van der Waals surface area (Å²) in [6.07, 6.45) is 5.96. The molecule has 1 atom stereocenters. The van der Waals surface area contributed by atoms with Gasteiger partial charge in [0.15, 0.2) is 0 Å². The van der Waals surface area contributed by atoms with Gasteiger partial charge in [-0.15, -0.1) is 0 Å². The lowest BCUT2D eigenvalue weighted by molar-refractivity contribution is 0.635. The van der Waals surface area contributed by atoms with E-state index in [9.17, 15) is 0 Å². The molecule has 1 unspecified atom stereocenters. The van der Waals surface area contributed by atoms with Crippen LogP contribution in [0.1, 0.15) is 5.69 Å². The van der Waals surface area contributed by atoms with Crippen molar-refractivity contribution >= 4 is 12.4 Å². The molecule has 16 heavy (non-hydrogen) atoms. The molecule has 1 spiro atoms. The van der Waals surface area contributed by atoms with Crippen LogP contribution >= 0.6 is 0 Å². The maximum atomic E-state index is 4.72. The molecule has 3 heteroatoms. The van der Waals surface area contributed by atoms with Crippen LogP contribution in [-0.4, -0.2) is 10.9 Å². The number of aromatic nitrogens is 1. The van der Waals surface area contributed by atoms with E-state index in [1.807, 2.05) is 41.4 Å². The molecule has 1 aromatic heterocycles. The first-order valence-corrected chi connectivity index (χ1v) is 5.28. The van der Waals surface area contributed by atoms with Gasteiger partial charge < -0.3 is 4.57 Å². The minimum absolute atomic E-state index is 0.507. The van der Waals surface area contributed by atoms with E-state index in [0.717, 1.165) is 16.3 Å². The largest absolute Gasteiger partial charge is 0.307 e. The Hall–Kier alpha value is -2.16. The molecule has 0 amide bonds. The quantitative estimate of drug-likeness (QED) is 0.607. The molecule has 0 saturated heterocycles. The molecule has 0 N–H and O–H groups in total. The Morgan fingerprint density at radius 2 is 2.00 bits per heavy atom. The zero-order valence-corrected chi connectivity index (χ0v) is 8.54. The molecule has 1 aromatic carbocycles. The van der Waals surface area contributed by atoms with Gasteiger partial charge in [0, 0.05) is 11.4 Å². The van der Waals surface area contributed by atoms with Crippen molar-refractivity contribution in [1.29, 1.82) is 0 Å². The molecule has 0 aliphatic carbocycles. The second-order valence-corrected chi connectivity index (χ2v) is 4.09. The highest BCUT2D eigenvalue weighted by Crippen LogP contribution is 2.33. The molecule has 2 aromatic rings. The van der Waals surface area contributed by atoms with E-state index >= 15 is 0 Å². The first-order valence-electron chi connectivity index (χ1n) is 5.28. The smallest absolute Gasteiger partial charge is 0.212 e. The van der Waals surface area contributed by atoms with Gasteiger partial charge in [0.25, 0.3) is 0 Å². The van der Waals surface area contributed by atoms with Crippen molar-refractivity contribution in [2.45, 2.75) is 5.66 Å². The van der Waals surface area contributed by atoms with Crippen LogP contribution < -0.4 is 10.6 Å².